The molecule has 1 aliphatic rings. The maximum absolute atomic E-state index is 9.28. The summed E-state index contributed by atoms with van der Waals surface area (Å²) in [5.74, 6) is 0. The Morgan fingerprint density at radius 3 is 2.60 bits per heavy atom. The van der Waals surface area contributed by atoms with Gasteiger partial charge in [0.15, 0.2) is 0 Å². The van der Waals surface area contributed by atoms with Crippen LogP contribution in [0.5, 0.6) is 0 Å². The number of nitrogens with zero attached hydrogens (tertiary/aromatic N) is 2. The van der Waals surface area contributed by atoms with Gasteiger partial charge in [-0.3, -0.25) is 0 Å². The van der Waals surface area contributed by atoms with Crippen LogP contribution in [-0.4, -0.2) is 13.1 Å². The Morgan fingerprint density at radius 1 is 1.00 bits per heavy atom. The summed E-state index contributed by atoms with van der Waals surface area (Å²) >= 11 is 0. The number of para-hydroxylation sites is 1. The van der Waals surface area contributed by atoms with Crippen LogP contribution in [0.25, 0.3) is 0 Å². The number of hydrogen-bond acceptors (Lipinski definition) is 3. The van der Waals surface area contributed by atoms with E-state index in [-0.39, 0.29) is 0 Å². The summed E-state index contributed by atoms with van der Waals surface area (Å²) < 4.78 is 0. The average Bonchev–Trinajstić information content (AvgIpc) is 2.48. The third-order valence-corrected chi connectivity index (χ3v) is 3.72. The molecule has 0 amide bonds. The Kier molecular flexibility index (Phi) is 3.67. The third kappa shape index (κ3) is 2.52. The van der Waals surface area contributed by atoms with Crippen molar-refractivity contribution in [1.29, 1.82) is 5.26 Å². The van der Waals surface area contributed by atoms with Gasteiger partial charge < -0.3 is 10.2 Å². The molecule has 0 atom stereocenters. The van der Waals surface area contributed by atoms with E-state index in [9.17, 15) is 5.26 Å². The number of nitriles is 1. The fraction of sp³-hybridized carbons (Fsp3) is 0.235. The van der Waals surface area contributed by atoms with Crippen molar-refractivity contribution in [1.82, 2.24) is 5.32 Å². The Labute approximate surface area is 119 Å². The van der Waals surface area contributed by atoms with Crippen molar-refractivity contribution in [3.05, 3.63) is 65.2 Å². The number of fused-ring (bicyclic) bond motifs is 1. The minimum absolute atomic E-state index is 0.741. The second kappa shape index (κ2) is 5.77. The average molecular weight is 263 g/mol. The molecule has 0 spiro atoms. The van der Waals surface area contributed by atoms with Crippen LogP contribution in [-0.2, 0) is 13.1 Å². The summed E-state index contributed by atoms with van der Waals surface area (Å²) in [6, 6.07) is 18.6. The monoisotopic (exact) mass is 263 g/mol. The van der Waals surface area contributed by atoms with Gasteiger partial charge in [-0.25, -0.2) is 0 Å². The highest BCUT2D eigenvalue weighted by Crippen LogP contribution is 2.23. The van der Waals surface area contributed by atoms with E-state index in [2.05, 4.69) is 40.6 Å². The maximum Gasteiger partial charge on any atom is 0.101 e. The topological polar surface area (TPSA) is 39.1 Å². The first-order chi connectivity index (χ1) is 9.88. The minimum Gasteiger partial charge on any atom is -0.365 e. The van der Waals surface area contributed by atoms with Crippen molar-refractivity contribution in [3.63, 3.8) is 0 Å². The van der Waals surface area contributed by atoms with Gasteiger partial charge in [0, 0.05) is 26.2 Å². The molecule has 2 aromatic rings. The van der Waals surface area contributed by atoms with Gasteiger partial charge in [0.2, 0.25) is 0 Å². The van der Waals surface area contributed by atoms with Crippen LogP contribution in [0.1, 0.15) is 16.7 Å². The van der Waals surface area contributed by atoms with E-state index in [1.165, 1.54) is 11.1 Å². The van der Waals surface area contributed by atoms with Gasteiger partial charge in [-0.1, -0.05) is 36.4 Å². The first-order valence-electron chi connectivity index (χ1n) is 6.90. The number of nitrogens with one attached hydrogen (secondary N) is 1. The lowest BCUT2D eigenvalue weighted by molar-refractivity contribution is 0.631. The standard InChI is InChI=1S/C17H17N3/c18-11-14-5-3-4-8-17(14)20-10-9-19-12-15-6-1-2-7-16(15)13-20/h1-8,19H,9-10,12-13H2. The zero-order valence-electron chi connectivity index (χ0n) is 11.3. The lowest BCUT2D eigenvalue weighted by Gasteiger charge is -2.29. The summed E-state index contributed by atoms with van der Waals surface area (Å²) in [5, 5.41) is 12.7. The molecule has 0 saturated carbocycles. The molecule has 0 bridgehead atoms. The van der Waals surface area contributed by atoms with Gasteiger partial charge in [0.25, 0.3) is 0 Å². The van der Waals surface area contributed by atoms with Crippen molar-refractivity contribution in [3.8, 4) is 6.07 Å². The number of rotatable bonds is 1. The van der Waals surface area contributed by atoms with Crippen LogP contribution in [0, 0.1) is 11.3 Å². The Balaban J connectivity index is 1.97. The number of hydrogen-bond donors (Lipinski definition) is 1. The van der Waals surface area contributed by atoms with Gasteiger partial charge in [-0.05, 0) is 23.3 Å². The molecule has 100 valence electrons. The molecule has 1 aliphatic heterocycles. The summed E-state index contributed by atoms with van der Waals surface area (Å²) in [7, 11) is 0. The van der Waals surface area contributed by atoms with E-state index in [1.807, 2.05) is 24.3 Å². The summed E-state index contributed by atoms with van der Waals surface area (Å²) in [6.07, 6.45) is 0. The van der Waals surface area contributed by atoms with Crippen molar-refractivity contribution in [2.24, 2.45) is 0 Å². The zero-order valence-corrected chi connectivity index (χ0v) is 11.3. The number of benzene rings is 2. The van der Waals surface area contributed by atoms with Crippen LogP contribution in [0.3, 0.4) is 0 Å². The smallest absolute Gasteiger partial charge is 0.101 e. The van der Waals surface area contributed by atoms with Gasteiger partial charge >= 0.3 is 0 Å². The molecule has 0 saturated heterocycles. The van der Waals surface area contributed by atoms with Crippen LogP contribution in [0.15, 0.2) is 48.5 Å². The molecule has 0 aliphatic carbocycles. The van der Waals surface area contributed by atoms with E-state index in [0.717, 1.165) is 37.4 Å². The molecule has 3 rings (SSSR count). The molecule has 3 nitrogen and oxygen atoms in total. The van der Waals surface area contributed by atoms with Crippen molar-refractivity contribution in [2.75, 3.05) is 18.0 Å². The van der Waals surface area contributed by atoms with E-state index < -0.39 is 0 Å². The molecule has 1 heterocycles. The maximum atomic E-state index is 9.28. The first-order valence-corrected chi connectivity index (χ1v) is 6.90. The lowest BCUT2D eigenvalue weighted by atomic mass is 10.0. The Hall–Kier alpha value is -2.31. The minimum atomic E-state index is 0.741. The van der Waals surface area contributed by atoms with E-state index in [0.29, 0.717) is 0 Å². The van der Waals surface area contributed by atoms with E-state index in [4.69, 9.17) is 0 Å². The molecule has 0 aromatic heterocycles. The molecule has 2 aromatic carbocycles. The molecule has 1 N–H and O–H groups in total. The van der Waals surface area contributed by atoms with Gasteiger partial charge in [0.05, 0.1) is 11.3 Å². The van der Waals surface area contributed by atoms with Gasteiger partial charge in [-0.2, -0.15) is 5.26 Å². The SMILES string of the molecule is N#Cc1ccccc1N1CCNCc2ccccc2C1. The van der Waals surface area contributed by atoms with Crippen molar-refractivity contribution >= 4 is 5.69 Å². The normalized spacial score (nSPS) is 14.8. The van der Waals surface area contributed by atoms with Crippen LogP contribution < -0.4 is 10.2 Å². The second-order valence-electron chi connectivity index (χ2n) is 5.00. The quantitative estimate of drug-likeness (QED) is 0.859. The summed E-state index contributed by atoms with van der Waals surface area (Å²) in [4.78, 5) is 2.28. The third-order valence-electron chi connectivity index (χ3n) is 3.72. The van der Waals surface area contributed by atoms with Crippen LogP contribution in [0.2, 0.25) is 0 Å². The van der Waals surface area contributed by atoms with Gasteiger partial charge in [0.1, 0.15) is 6.07 Å². The highest BCUT2D eigenvalue weighted by atomic mass is 15.1. The van der Waals surface area contributed by atoms with E-state index >= 15 is 0 Å². The molecule has 0 fully saturated rings. The van der Waals surface area contributed by atoms with Gasteiger partial charge in [-0.15, -0.1) is 0 Å². The number of anilines is 1. The largest absolute Gasteiger partial charge is 0.365 e. The fourth-order valence-corrected chi connectivity index (χ4v) is 2.66. The Morgan fingerprint density at radius 2 is 1.75 bits per heavy atom. The van der Waals surface area contributed by atoms with Crippen molar-refractivity contribution < 1.29 is 0 Å². The molecular weight excluding hydrogens is 246 g/mol. The molecular formula is C17H17N3. The summed E-state index contributed by atoms with van der Waals surface area (Å²) in [5.41, 5.74) is 4.43. The van der Waals surface area contributed by atoms with Crippen LogP contribution in [0.4, 0.5) is 5.69 Å². The van der Waals surface area contributed by atoms with Crippen LogP contribution >= 0.6 is 0 Å². The lowest BCUT2D eigenvalue weighted by Crippen LogP contribution is -2.35. The highest BCUT2D eigenvalue weighted by molar-refractivity contribution is 5.59. The Bertz CT molecular complexity index is 643. The summed E-state index contributed by atoms with van der Waals surface area (Å²) in [6.45, 7) is 3.61. The molecule has 0 radical (unpaired) electrons. The molecule has 3 heteroatoms. The van der Waals surface area contributed by atoms with Crippen molar-refractivity contribution in [2.45, 2.75) is 13.1 Å². The highest BCUT2D eigenvalue weighted by Gasteiger charge is 2.15. The zero-order chi connectivity index (χ0) is 13.8. The second-order valence-corrected chi connectivity index (χ2v) is 5.00. The predicted molar refractivity (Wildman–Crippen MR) is 80.4 cm³/mol. The molecule has 0 unspecified atom stereocenters. The first kappa shape index (κ1) is 12.7. The van der Waals surface area contributed by atoms with E-state index in [1.54, 1.807) is 0 Å². The predicted octanol–water partition coefficient (Wildman–Crippen LogP) is 2.67. The molecule has 20 heavy (non-hydrogen) atoms. The fourth-order valence-electron chi connectivity index (χ4n) is 2.66.